The Hall–Kier alpha value is -2.42. The number of anilines is 1. The van der Waals surface area contributed by atoms with Gasteiger partial charge in [-0.2, -0.15) is 0 Å². The van der Waals surface area contributed by atoms with Crippen molar-refractivity contribution in [2.45, 2.75) is 39.5 Å². The third kappa shape index (κ3) is 4.04. The number of carbonyl (C=O) groups excluding carboxylic acids is 4. The summed E-state index contributed by atoms with van der Waals surface area (Å²) in [5.41, 5.74) is 5.76. The molecule has 0 radical (unpaired) electrons. The molecule has 3 N–H and O–H groups in total. The molecule has 8 nitrogen and oxygen atoms in total. The molecule has 2 amide bonds. The SMILES string of the molecule is CCOC(=O)c1sc(NC(=O)[C@@H]2CCCC[C@@H]2C(=O)[O-])c(C(N)=O)c1C. The molecule has 0 aromatic carbocycles. The molecule has 1 saturated carbocycles. The Morgan fingerprint density at radius 2 is 1.85 bits per heavy atom. The molecule has 1 heterocycles. The summed E-state index contributed by atoms with van der Waals surface area (Å²) < 4.78 is 4.95. The van der Waals surface area contributed by atoms with Crippen LogP contribution in [0.4, 0.5) is 5.00 Å². The molecule has 1 aliphatic carbocycles. The summed E-state index contributed by atoms with van der Waals surface area (Å²) in [6.07, 6.45) is 2.26. The normalized spacial score (nSPS) is 19.6. The zero-order chi connectivity index (χ0) is 19.4. The first-order valence-corrected chi connectivity index (χ1v) is 9.21. The lowest BCUT2D eigenvalue weighted by Gasteiger charge is -2.31. The molecule has 0 spiro atoms. The molecule has 0 bridgehead atoms. The van der Waals surface area contributed by atoms with E-state index in [9.17, 15) is 24.3 Å². The molecule has 1 aromatic heterocycles. The molecule has 26 heavy (non-hydrogen) atoms. The van der Waals surface area contributed by atoms with Gasteiger partial charge in [0.1, 0.15) is 9.88 Å². The lowest BCUT2D eigenvalue weighted by Crippen LogP contribution is -2.42. The molecule has 1 aliphatic rings. The smallest absolute Gasteiger partial charge is 0.348 e. The number of rotatable bonds is 6. The van der Waals surface area contributed by atoms with Crippen LogP contribution in [0.1, 0.15) is 58.2 Å². The van der Waals surface area contributed by atoms with E-state index in [0.29, 0.717) is 18.4 Å². The zero-order valence-electron chi connectivity index (χ0n) is 14.6. The van der Waals surface area contributed by atoms with E-state index < -0.39 is 35.6 Å². The minimum atomic E-state index is -1.26. The minimum absolute atomic E-state index is 0.0345. The van der Waals surface area contributed by atoms with Crippen LogP contribution in [-0.2, 0) is 14.3 Å². The Balaban J connectivity index is 2.31. The summed E-state index contributed by atoms with van der Waals surface area (Å²) in [4.78, 5) is 47.9. The maximum Gasteiger partial charge on any atom is 0.348 e. The summed E-state index contributed by atoms with van der Waals surface area (Å²) in [6.45, 7) is 3.36. The van der Waals surface area contributed by atoms with Crippen LogP contribution in [-0.4, -0.2) is 30.4 Å². The number of hydrogen-bond acceptors (Lipinski definition) is 7. The van der Waals surface area contributed by atoms with Gasteiger partial charge in [0, 0.05) is 17.8 Å². The predicted octanol–water partition coefficient (Wildman–Crippen LogP) is 0.827. The number of aliphatic carboxylic acids is 1. The molecule has 9 heteroatoms. The minimum Gasteiger partial charge on any atom is -0.550 e. The molecular formula is C17H21N2O6S-. The summed E-state index contributed by atoms with van der Waals surface area (Å²) in [6, 6.07) is 0. The Bertz CT molecular complexity index is 742. The van der Waals surface area contributed by atoms with Gasteiger partial charge in [-0.25, -0.2) is 4.79 Å². The summed E-state index contributed by atoms with van der Waals surface area (Å²) in [7, 11) is 0. The van der Waals surface area contributed by atoms with E-state index in [1.54, 1.807) is 13.8 Å². The number of nitrogens with one attached hydrogen (secondary N) is 1. The first-order chi connectivity index (χ1) is 12.3. The van der Waals surface area contributed by atoms with Crippen molar-refractivity contribution >= 4 is 40.1 Å². The van der Waals surface area contributed by atoms with E-state index in [2.05, 4.69) is 5.32 Å². The molecule has 0 unspecified atom stereocenters. The van der Waals surface area contributed by atoms with E-state index >= 15 is 0 Å². The van der Waals surface area contributed by atoms with Gasteiger partial charge in [0.05, 0.1) is 12.2 Å². The quantitative estimate of drug-likeness (QED) is 0.700. The molecule has 0 aliphatic heterocycles. The summed E-state index contributed by atoms with van der Waals surface area (Å²) >= 11 is 0.894. The van der Waals surface area contributed by atoms with Crippen LogP contribution in [0.3, 0.4) is 0 Å². The number of carbonyl (C=O) groups is 4. The van der Waals surface area contributed by atoms with Crippen LogP contribution in [0, 0.1) is 18.8 Å². The van der Waals surface area contributed by atoms with Crippen molar-refractivity contribution in [2.75, 3.05) is 11.9 Å². The van der Waals surface area contributed by atoms with Crippen LogP contribution in [0.25, 0.3) is 0 Å². The van der Waals surface area contributed by atoms with Crippen molar-refractivity contribution in [1.29, 1.82) is 0 Å². The van der Waals surface area contributed by atoms with Gasteiger partial charge < -0.3 is 25.7 Å². The molecule has 2 rings (SSSR count). The first kappa shape index (κ1) is 19.9. The topological polar surface area (TPSA) is 139 Å². The Morgan fingerprint density at radius 3 is 2.38 bits per heavy atom. The number of ether oxygens (including phenoxy) is 1. The maximum atomic E-state index is 12.6. The highest BCUT2D eigenvalue weighted by atomic mass is 32.1. The molecule has 1 aromatic rings. The average Bonchev–Trinajstić information content (AvgIpc) is 2.91. The van der Waals surface area contributed by atoms with E-state index in [1.807, 2.05) is 0 Å². The Morgan fingerprint density at radius 1 is 1.23 bits per heavy atom. The lowest BCUT2D eigenvalue weighted by molar-refractivity contribution is -0.313. The number of esters is 1. The van der Waals surface area contributed by atoms with Crippen LogP contribution in [0.2, 0.25) is 0 Å². The van der Waals surface area contributed by atoms with Crippen LogP contribution in [0.15, 0.2) is 0 Å². The Labute approximate surface area is 154 Å². The van der Waals surface area contributed by atoms with Crippen molar-refractivity contribution in [3.8, 4) is 0 Å². The molecule has 2 atom stereocenters. The van der Waals surface area contributed by atoms with Crippen molar-refractivity contribution in [1.82, 2.24) is 0 Å². The van der Waals surface area contributed by atoms with Gasteiger partial charge in [-0.1, -0.05) is 12.8 Å². The average molecular weight is 381 g/mol. The fourth-order valence-electron chi connectivity index (χ4n) is 3.22. The largest absolute Gasteiger partial charge is 0.550 e. The van der Waals surface area contributed by atoms with Crippen molar-refractivity contribution in [3.05, 3.63) is 16.0 Å². The number of thiophene rings is 1. The molecule has 1 fully saturated rings. The van der Waals surface area contributed by atoms with Crippen molar-refractivity contribution < 1.29 is 29.0 Å². The third-order valence-electron chi connectivity index (χ3n) is 4.50. The standard InChI is InChI=1S/C17H22N2O6S/c1-3-25-17(24)12-8(2)11(13(18)20)15(26-12)19-14(21)9-6-4-5-7-10(9)16(22)23/h9-10H,3-7H2,1-2H3,(H2,18,20)(H,19,21)(H,22,23)/p-1/t9-,10+/m1/s1. The number of nitrogens with two attached hydrogens (primary N) is 1. The number of carboxylic acid groups (broad SMARTS) is 1. The lowest BCUT2D eigenvalue weighted by atomic mass is 9.79. The van der Waals surface area contributed by atoms with E-state index in [1.165, 1.54) is 0 Å². The highest BCUT2D eigenvalue weighted by Gasteiger charge is 2.33. The summed E-state index contributed by atoms with van der Waals surface area (Å²) in [5.74, 6) is -4.78. The molecular weight excluding hydrogens is 360 g/mol. The van der Waals surface area contributed by atoms with Gasteiger partial charge in [0.15, 0.2) is 0 Å². The third-order valence-corrected chi connectivity index (χ3v) is 5.68. The summed E-state index contributed by atoms with van der Waals surface area (Å²) in [5, 5.41) is 14.0. The second-order valence-electron chi connectivity index (χ2n) is 6.15. The van der Waals surface area contributed by atoms with Crippen LogP contribution < -0.4 is 16.2 Å². The highest BCUT2D eigenvalue weighted by Crippen LogP contribution is 2.36. The first-order valence-electron chi connectivity index (χ1n) is 8.39. The maximum absolute atomic E-state index is 12.6. The number of hydrogen-bond donors (Lipinski definition) is 2. The number of carboxylic acids is 1. The van der Waals surface area contributed by atoms with Gasteiger partial charge in [0.2, 0.25) is 5.91 Å². The van der Waals surface area contributed by atoms with Gasteiger partial charge in [0.25, 0.3) is 5.91 Å². The van der Waals surface area contributed by atoms with Gasteiger partial charge in [-0.3, -0.25) is 9.59 Å². The van der Waals surface area contributed by atoms with Crippen molar-refractivity contribution in [2.24, 2.45) is 17.6 Å². The van der Waals surface area contributed by atoms with E-state index in [-0.39, 0.29) is 22.0 Å². The van der Waals surface area contributed by atoms with E-state index in [4.69, 9.17) is 10.5 Å². The van der Waals surface area contributed by atoms with Crippen LogP contribution in [0.5, 0.6) is 0 Å². The van der Waals surface area contributed by atoms with Gasteiger partial charge in [-0.15, -0.1) is 11.3 Å². The predicted molar refractivity (Wildman–Crippen MR) is 92.6 cm³/mol. The molecule has 142 valence electrons. The second kappa shape index (κ2) is 8.31. The second-order valence-corrected chi connectivity index (χ2v) is 7.17. The van der Waals surface area contributed by atoms with Gasteiger partial charge in [-0.05, 0) is 32.3 Å². The fraction of sp³-hybridized carbons (Fsp3) is 0.529. The van der Waals surface area contributed by atoms with Gasteiger partial charge >= 0.3 is 5.97 Å². The number of primary amides is 1. The molecule has 0 saturated heterocycles. The highest BCUT2D eigenvalue weighted by molar-refractivity contribution is 7.18. The van der Waals surface area contributed by atoms with E-state index in [0.717, 1.165) is 24.2 Å². The monoisotopic (exact) mass is 381 g/mol. The fourth-order valence-corrected chi connectivity index (χ4v) is 4.33. The van der Waals surface area contributed by atoms with Crippen LogP contribution >= 0.6 is 11.3 Å². The number of amides is 2. The Kier molecular flexibility index (Phi) is 6.36. The zero-order valence-corrected chi connectivity index (χ0v) is 15.4. The van der Waals surface area contributed by atoms with Crippen molar-refractivity contribution in [3.63, 3.8) is 0 Å².